The standard InChI is InChI=1S/C22H25N3O3S2/c1-5-25(6-2)30(27,28)18-12-15(3)16(4)19(13-18)23-21(26)20-14-29-22(24-20)17-10-8-7-9-11-17/h7-14H,5-6H2,1-4H3,(H,23,26). The van der Waals surface area contributed by atoms with Gasteiger partial charge in [0.1, 0.15) is 10.7 Å². The zero-order chi connectivity index (χ0) is 21.9. The van der Waals surface area contributed by atoms with Crippen LogP contribution in [0.25, 0.3) is 10.6 Å². The van der Waals surface area contributed by atoms with Gasteiger partial charge in [-0.1, -0.05) is 44.2 Å². The van der Waals surface area contributed by atoms with Gasteiger partial charge < -0.3 is 5.32 Å². The van der Waals surface area contributed by atoms with Gasteiger partial charge in [0.05, 0.1) is 4.90 Å². The van der Waals surface area contributed by atoms with Crippen molar-refractivity contribution in [2.75, 3.05) is 18.4 Å². The lowest BCUT2D eigenvalue weighted by atomic mass is 10.1. The van der Waals surface area contributed by atoms with Crippen LogP contribution in [0.15, 0.2) is 52.7 Å². The van der Waals surface area contributed by atoms with E-state index < -0.39 is 10.0 Å². The number of rotatable bonds is 7. The number of aromatic nitrogens is 1. The van der Waals surface area contributed by atoms with Crippen LogP contribution in [0.2, 0.25) is 0 Å². The van der Waals surface area contributed by atoms with Crippen LogP contribution in [0.5, 0.6) is 0 Å². The van der Waals surface area contributed by atoms with Gasteiger partial charge in [-0.15, -0.1) is 11.3 Å². The average molecular weight is 444 g/mol. The molecule has 0 aliphatic rings. The van der Waals surface area contributed by atoms with Crippen molar-refractivity contribution in [1.82, 2.24) is 9.29 Å². The van der Waals surface area contributed by atoms with E-state index in [2.05, 4.69) is 10.3 Å². The van der Waals surface area contributed by atoms with Crippen molar-refractivity contribution in [2.45, 2.75) is 32.6 Å². The molecule has 0 aliphatic heterocycles. The first-order valence-corrected chi connectivity index (χ1v) is 12.0. The zero-order valence-corrected chi connectivity index (χ0v) is 19.1. The van der Waals surface area contributed by atoms with Gasteiger partial charge in [0, 0.05) is 29.7 Å². The van der Waals surface area contributed by atoms with E-state index in [9.17, 15) is 13.2 Å². The Bertz CT molecular complexity index is 1150. The van der Waals surface area contributed by atoms with Crippen LogP contribution in [0.1, 0.15) is 35.5 Å². The smallest absolute Gasteiger partial charge is 0.275 e. The first kappa shape index (κ1) is 22.1. The van der Waals surface area contributed by atoms with Crippen LogP contribution >= 0.6 is 11.3 Å². The molecule has 8 heteroatoms. The largest absolute Gasteiger partial charge is 0.320 e. The SMILES string of the molecule is CCN(CC)S(=O)(=O)c1cc(C)c(C)c(NC(=O)c2csc(-c3ccccc3)n2)c1. The number of hydrogen-bond acceptors (Lipinski definition) is 5. The summed E-state index contributed by atoms with van der Waals surface area (Å²) >= 11 is 1.39. The highest BCUT2D eigenvalue weighted by Gasteiger charge is 2.24. The highest BCUT2D eigenvalue weighted by molar-refractivity contribution is 7.89. The van der Waals surface area contributed by atoms with Crippen LogP contribution in [0.3, 0.4) is 0 Å². The van der Waals surface area contributed by atoms with Gasteiger partial charge in [-0.3, -0.25) is 4.79 Å². The summed E-state index contributed by atoms with van der Waals surface area (Å²) in [4.78, 5) is 17.4. The number of carbonyl (C=O) groups is 1. The molecule has 0 saturated carbocycles. The first-order chi connectivity index (χ1) is 14.3. The topological polar surface area (TPSA) is 79.4 Å². The minimum atomic E-state index is -3.63. The molecule has 30 heavy (non-hydrogen) atoms. The molecule has 0 bridgehead atoms. The molecule has 0 aliphatic carbocycles. The van der Waals surface area contributed by atoms with Crippen molar-refractivity contribution in [3.8, 4) is 10.6 Å². The zero-order valence-electron chi connectivity index (χ0n) is 17.5. The van der Waals surface area contributed by atoms with Crippen LogP contribution in [0, 0.1) is 13.8 Å². The Morgan fingerprint density at radius 2 is 1.77 bits per heavy atom. The van der Waals surface area contributed by atoms with Crippen molar-refractivity contribution < 1.29 is 13.2 Å². The molecule has 2 aromatic carbocycles. The summed E-state index contributed by atoms with van der Waals surface area (Å²) in [6.07, 6.45) is 0. The van der Waals surface area contributed by atoms with Crippen molar-refractivity contribution >= 4 is 33.0 Å². The molecule has 0 unspecified atom stereocenters. The predicted molar refractivity (Wildman–Crippen MR) is 122 cm³/mol. The van der Waals surface area contributed by atoms with Crippen molar-refractivity contribution in [3.05, 3.63) is 64.7 Å². The van der Waals surface area contributed by atoms with Crippen LogP contribution in [-0.4, -0.2) is 36.7 Å². The molecule has 3 rings (SSSR count). The number of nitrogens with zero attached hydrogens (tertiary/aromatic N) is 2. The summed E-state index contributed by atoms with van der Waals surface area (Å²) in [5, 5.41) is 5.30. The summed E-state index contributed by atoms with van der Waals surface area (Å²) in [6, 6.07) is 12.8. The van der Waals surface area contributed by atoms with E-state index in [0.29, 0.717) is 24.5 Å². The number of thiazole rings is 1. The molecule has 1 aromatic heterocycles. The molecule has 1 N–H and O–H groups in total. The molecular formula is C22H25N3O3S2. The second-order valence-electron chi connectivity index (χ2n) is 6.86. The van der Waals surface area contributed by atoms with Gasteiger partial charge in [0.2, 0.25) is 10.0 Å². The van der Waals surface area contributed by atoms with Crippen LogP contribution in [0.4, 0.5) is 5.69 Å². The monoisotopic (exact) mass is 443 g/mol. The minimum absolute atomic E-state index is 0.174. The molecule has 0 radical (unpaired) electrons. The van der Waals surface area contributed by atoms with Gasteiger partial charge in [-0.25, -0.2) is 13.4 Å². The van der Waals surface area contributed by atoms with Crippen LogP contribution < -0.4 is 5.32 Å². The average Bonchev–Trinajstić information content (AvgIpc) is 3.23. The number of carbonyl (C=O) groups excluding carboxylic acids is 1. The third kappa shape index (κ3) is 4.45. The maximum atomic E-state index is 12.9. The molecule has 3 aromatic rings. The molecule has 158 valence electrons. The molecule has 6 nitrogen and oxygen atoms in total. The number of sulfonamides is 1. The van der Waals surface area contributed by atoms with Gasteiger partial charge in [-0.05, 0) is 37.1 Å². The van der Waals surface area contributed by atoms with E-state index >= 15 is 0 Å². The summed E-state index contributed by atoms with van der Waals surface area (Å²) in [7, 11) is -3.63. The number of aryl methyl sites for hydroxylation is 1. The Hall–Kier alpha value is -2.55. The number of nitrogens with one attached hydrogen (secondary N) is 1. The van der Waals surface area contributed by atoms with E-state index in [0.717, 1.165) is 21.7 Å². The normalized spacial score (nSPS) is 11.6. The fraction of sp³-hybridized carbons (Fsp3) is 0.273. The summed E-state index contributed by atoms with van der Waals surface area (Å²) < 4.78 is 27.3. The quantitative estimate of drug-likeness (QED) is 0.574. The fourth-order valence-electron chi connectivity index (χ4n) is 3.10. The third-order valence-electron chi connectivity index (χ3n) is 4.99. The van der Waals surface area contributed by atoms with Crippen molar-refractivity contribution in [1.29, 1.82) is 0 Å². The lowest BCUT2D eigenvalue weighted by molar-refractivity contribution is 0.102. The molecule has 1 heterocycles. The maximum absolute atomic E-state index is 12.9. The van der Waals surface area contributed by atoms with Gasteiger partial charge in [-0.2, -0.15) is 4.31 Å². The molecule has 0 atom stereocenters. The number of benzene rings is 2. The lowest BCUT2D eigenvalue weighted by Crippen LogP contribution is -2.30. The lowest BCUT2D eigenvalue weighted by Gasteiger charge is -2.20. The number of anilines is 1. The fourth-order valence-corrected chi connectivity index (χ4v) is 5.47. The van der Waals surface area contributed by atoms with E-state index in [1.807, 2.05) is 44.2 Å². The van der Waals surface area contributed by atoms with Crippen LogP contribution in [-0.2, 0) is 10.0 Å². The van der Waals surface area contributed by atoms with E-state index in [1.54, 1.807) is 25.3 Å². The Kier molecular flexibility index (Phi) is 6.70. The van der Waals surface area contributed by atoms with Crippen molar-refractivity contribution in [3.63, 3.8) is 0 Å². The molecule has 1 amide bonds. The molecule has 0 saturated heterocycles. The van der Waals surface area contributed by atoms with Gasteiger partial charge >= 0.3 is 0 Å². The summed E-state index contributed by atoms with van der Waals surface area (Å²) in [6.45, 7) is 8.07. The Morgan fingerprint density at radius 1 is 1.10 bits per heavy atom. The van der Waals surface area contributed by atoms with E-state index in [1.165, 1.54) is 21.7 Å². The predicted octanol–water partition coefficient (Wildman–Crippen LogP) is 4.71. The highest BCUT2D eigenvalue weighted by atomic mass is 32.2. The Labute approximate surface area is 181 Å². The second-order valence-corrected chi connectivity index (χ2v) is 9.66. The summed E-state index contributed by atoms with van der Waals surface area (Å²) in [5.74, 6) is -0.367. The molecule has 0 fully saturated rings. The van der Waals surface area contributed by atoms with Gasteiger partial charge in [0.25, 0.3) is 5.91 Å². The van der Waals surface area contributed by atoms with E-state index in [4.69, 9.17) is 0 Å². The van der Waals surface area contributed by atoms with Crippen molar-refractivity contribution in [2.24, 2.45) is 0 Å². The molecular weight excluding hydrogens is 418 g/mol. The van der Waals surface area contributed by atoms with E-state index in [-0.39, 0.29) is 10.8 Å². The second kappa shape index (κ2) is 9.07. The Morgan fingerprint density at radius 3 is 2.40 bits per heavy atom. The minimum Gasteiger partial charge on any atom is -0.320 e. The maximum Gasteiger partial charge on any atom is 0.275 e. The third-order valence-corrected chi connectivity index (χ3v) is 7.91. The number of hydrogen-bond donors (Lipinski definition) is 1. The number of amides is 1. The van der Waals surface area contributed by atoms with Gasteiger partial charge in [0.15, 0.2) is 0 Å². The first-order valence-electron chi connectivity index (χ1n) is 9.71. The highest BCUT2D eigenvalue weighted by Crippen LogP contribution is 2.28. The Balaban J connectivity index is 1.91. The summed E-state index contributed by atoms with van der Waals surface area (Å²) in [5.41, 5.74) is 3.33. The molecule has 0 spiro atoms.